The summed E-state index contributed by atoms with van der Waals surface area (Å²) >= 11 is 0. The fourth-order valence-corrected chi connectivity index (χ4v) is 2.02. The van der Waals surface area contributed by atoms with Crippen LogP contribution in [0.5, 0.6) is 0 Å². The summed E-state index contributed by atoms with van der Waals surface area (Å²) < 4.78 is 1.73. The number of carbonyl (C=O) groups is 1. The number of rotatable bonds is 4. The van der Waals surface area contributed by atoms with Crippen LogP contribution in [0.3, 0.4) is 0 Å². The molecule has 1 fully saturated rings. The predicted molar refractivity (Wildman–Crippen MR) is 56.0 cm³/mol. The van der Waals surface area contributed by atoms with Crippen molar-refractivity contribution in [2.24, 2.45) is 0 Å². The van der Waals surface area contributed by atoms with Gasteiger partial charge in [0.1, 0.15) is 0 Å². The maximum Gasteiger partial charge on any atom is 0.304 e. The van der Waals surface area contributed by atoms with Crippen molar-refractivity contribution in [3.05, 3.63) is 18.5 Å². The quantitative estimate of drug-likeness (QED) is 0.727. The molecule has 2 atom stereocenters. The maximum absolute atomic E-state index is 10.4. The van der Waals surface area contributed by atoms with Gasteiger partial charge in [-0.1, -0.05) is 0 Å². The molecule has 88 valence electrons. The Balaban J connectivity index is 1.92. The Morgan fingerprint density at radius 3 is 2.94 bits per heavy atom. The van der Waals surface area contributed by atoms with E-state index in [2.05, 4.69) is 5.10 Å². The molecule has 0 bridgehead atoms. The summed E-state index contributed by atoms with van der Waals surface area (Å²) in [6.07, 6.45) is 3.12. The van der Waals surface area contributed by atoms with Crippen LogP contribution in [0.15, 0.2) is 18.5 Å². The van der Waals surface area contributed by atoms with E-state index in [0.29, 0.717) is 19.6 Å². The van der Waals surface area contributed by atoms with E-state index in [1.165, 1.54) is 0 Å². The Hall–Kier alpha value is -1.40. The van der Waals surface area contributed by atoms with Crippen molar-refractivity contribution < 1.29 is 15.0 Å². The number of likely N-dealkylation sites (tertiary alicyclic amines) is 1. The highest BCUT2D eigenvalue weighted by Crippen LogP contribution is 2.21. The Labute approximate surface area is 93.1 Å². The van der Waals surface area contributed by atoms with Crippen molar-refractivity contribution in [1.82, 2.24) is 14.7 Å². The van der Waals surface area contributed by atoms with Gasteiger partial charge < -0.3 is 10.2 Å². The van der Waals surface area contributed by atoms with Gasteiger partial charge in [-0.15, -0.1) is 0 Å². The number of hydrogen-bond donors (Lipinski definition) is 2. The lowest BCUT2D eigenvalue weighted by atomic mass is 10.2. The molecule has 2 N–H and O–H groups in total. The summed E-state index contributed by atoms with van der Waals surface area (Å²) in [5, 5.41) is 22.5. The highest BCUT2D eigenvalue weighted by atomic mass is 16.4. The van der Waals surface area contributed by atoms with Crippen LogP contribution in [0.2, 0.25) is 0 Å². The molecule has 0 radical (unpaired) electrons. The molecule has 16 heavy (non-hydrogen) atoms. The van der Waals surface area contributed by atoms with Crippen molar-refractivity contribution in [2.75, 3.05) is 19.6 Å². The van der Waals surface area contributed by atoms with E-state index in [0.717, 1.165) is 0 Å². The summed E-state index contributed by atoms with van der Waals surface area (Å²) in [6.45, 7) is 1.64. The van der Waals surface area contributed by atoms with E-state index in [9.17, 15) is 9.90 Å². The number of β-amino-alcohol motifs (C(OH)–C–C–N with tert-alkyl or cyclic N) is 1. The van der Waals surface area contributed by atoms with Crippen LogP contribution in [0, 0.1) is 0 Å². The molecule has 1 aliphatic heterocycles. The summed E-state index contributed by atoms with van der Waals surface area (Å²) in [5.41, 5.74) is 0. The summed E-state index contributed by atoms with van der Waals surface area (Å²) in [5.74, 6) is -0.808. The Morgan fingerprint density at radius 2 is 2.31 bits per heavy atom. The maximum atomic E-state index is 10.4. The van der Waals surface area contributed by atoms with Gasteiger partial charge in [-0.2, -0.15) is 5.10 Å². The lowest BCUT2D eigenvalue weighted by Gasteiger charge is -2.14. The molecule has 0 unspecified atom stereocenters. The van der Waals surface area contributed by atoms with Crippen molar-refractivity contribution in [1.29, 1.82) is 0 Å². The number of hydrogen-bond acceptors (Lipinski definition) is 4. The SMILES string of the molecule is O=C(O)CCN1C[C@H](O)[C@@H](n2cccn2)C1. The van der Waals surface area contributed by atoms with Gasteiger partial charge >= 0.3 is 5.97 Å². The minimum Gasteiger partial charge on any atom is -0.481 e. The van der Waals surface area contributed by atoms with Crippen LogP contribution in [-0.4, -0.2) is 56.6 Å². The lowest BCUT2D eigenvalue weighted by Crippen LogP contribution is -2.24. The average Bonchev–Trinajstić information content (AvgIpc) is 2.83. The standard InChI is InChI=1S/C10H15N3O3/c14-9-7-12(5-2-10(15)16)6-8(9)13-4-1-3-11-13/h1,3-4,8-9,14H,2,5-7H2,(H,15,16)/t8-,9-/m0/s1. The van der Waals surface area contributed by atoms with E-state index in [-0.39, 0.29) is 12.5 Å². The van der Waals surface area contributed by atoms with Gasteiger partial charge in [-0.25, -0.2) is 0 Å². The van der Waals surface area contributed by atoms with Gasteiger partial charge in [0.2, 0.25) is 0 Å². The molecule has 0 spiro atoms. The van der Waals surface area contributed by atoms with Crippen molar-refractivity contribution in [3.8, 4) is 0 Å². The first-order valence-corrected chi connectivity index (χ1v) is 5.28. The predicted octanol–water partition coefficient (Wildman–Crippen LogP) is -0.425. The number of carboxylic acid groups (broad SMARTS) is 1. The molecule has 6 heteroatoms. The van der Waals surface area contributed by atoms with Gasteiger partial charge in [0.05, 0.1) is 18.6 Å². The van der Waals surface area contributed by atoms with E-state index >= 15 is 0 Å². The second-order valence-corrected chi connectivity index (χ2v) is 4.02. The molecule has 6 nitrogen and oxygen atoms in total. The van der Waals surface area contributed by atoms with E-state index < -0.39 is 12.1 Å². The molecular weight excluding hydrogens is 210 g/mol. The van der Waals surface area contributed by atoms with Gasteiger partial charge in [0.15, 0.2) is 0 Å². The third-order valence-electron chi connectivity index (χ3n) is 2.84. The third-order valence-corrected chi connectivity index (χ3v) is 2.84. The summed E-state index contributed by atoms with van der Waals surface area (Å²) in [4.78, 5) is 12.4. The molecule has 1 aliphatic rings. The molecule has 1 aromatic heterocycles. The highest BCUT2D eigenvalue weighted by Gasteiger charge is 2.32. The van der Waals surface area contributed by atoms with Crippen molar-refractivity contribution in [2.45, 2.75) is 18.6 Å². The van der Waals surface area contributed by atoms with Gasteiger partial charge in [0, 0.05) is 32.0 Å². The first kappa shape index (κ1) is 11.1. The van der Waals surface area contributed by atoms with Gasteiger partial charge in [-0.3, -0.25) is 14.4 Å². The second-order valence-electron chi connectivity index (χ2n) is 4.02. The second kappa shape index (κ2) is 4.63. The largest absolute Gasteiger partial charge is 0.481 e. The summed E-state index contributed by atoms with van der Waals surface area (Å²) in [7, 11) is 0. The molecular formula is C10H15N3O3. The number of carboxylic acids is 1. The number of aliphatic carboxylic acids is 1. The lowest BCUT2D eigenvalue weighted by molar-refractivity contribution is -0.137. The number of aliphatic hydroxyl groups is 1. The van der Waals surface area contributed by atoms with Crippen molar-refractivity contribution in [3.63, 3.8) is 0 Å². The summed E-state index contributed by atoms with van der Waals surface area (Å²) in [6, 6.07) is 1.75. The van der Waals surface area contributed by atoms with Crippen LogP contribution >= 0.6 is 0 Å². The zero-order valence-electron chi connectivity index (χ0n) is 8.86. The molecule has 0 amide bonds. The minimum atomic E-state index is -0.808. The number of aliphatic hydroxyl groups excluding tert-OH is 1. The van der Waals surface area contributed by atoms with Crippen LogP contribution in [0.25, 0.3) is 0 Å². The zero-order chi connectivity index (χ0) is 11.5. The molecule has 0 saturated carbocycles. The van der Waals surface area contributed by atoms with Crippen LogP contribution in [0.4, 0.5) is 0 Å². The Kier molecular flexibility index (Phi) is 3.21. The number of nitrogens with zero attached hydrogens (tertiary/aromatic N) is 3. The normalized spacial score (nSPS) is 26.1. The molecule has 2 rings (SSSR count). The topological polar surface area (TPSA) is 78.6 Å². The van der Waals surface area contributed by atoms with Crippen LogP contribution < -0.4 is 0 Å². The first-order chi connectivity index (χ1) is 7.66. The van der Waals surface area contributed by atoms with E-state index in [1.54, 1.807) is 10.9 Å². The fourth-order valence-electron chi connectivity index (χ4n) is 2.02. The highest BCUT2D eigenvalue weighted by molar-refractivity contribution is 5.66. The molecule has 0 aromatic carbocycles. The van der Waals surface area contributed by atoms with Crippen LogP contribution in [-0.2, 0) is 4.79 Å². The zero-order valence-corrected chi connectivity index (χ0v) is 8.86. The third kappa shape index (κ3) is 2.40. The molecule has 1 aromatic rings. The fraction of sp³-hybridized carbons (Fsp3) is 0.600. The van der Waals surface area contributed by atoms with Gasteiger partial charge in [0.25, 0.3) is 0 Å². The van der Waals surface area contributed by atoms with E-state index in [1.807, 2.05) is 17.2 Å². The van der Waals surface area contributed by atoms with Gasteiger partial charge in [-0.05, 0) is 6.07 Å². The Morgan fingerprint density at radius 1 is 1.50 bits per heavy atom. The van der Waals surface area contributed by atoms with Crippen LogP contribution in [0.1, 0.15) is 12.5 Å². The van der Waals surface area contributed by atoms with Crippen molar-refractivity contribution >= 4 is 5.97 Å². The smallest absolute Gasteiger partial charge is 0.304 e. The minimum absolute atomic E-state index is 0.0659. The Bertz CT molecular complexity index is 352. The first-order valence-electron chi connectivity index (χ1n) is 5.28. The molecule has 0 aliphatic carbocycles. The monoisotopic (exact) mass is 225 g/mol. The molecule has 2 heterocycles. The average molecular weight is 225 g/mol. The number of aromatic nitrogens is 2. The molecule has 1 saturated heterocycles. The van der Waals surface area contributed by atoms with E-state index in [4.69, 9.17) is 5.11 Å².